The van der Waals surface area contributed by atoms with Crippen molar-refractivity contribution in [3.8, 4) is 39.1 Å². The quantitative estimate of drug-likeness (QED) is 0.0876. The third-order valence-corrected chi connectivity index (χ3v) is 11.3. The molecule has 20 heteroatoms. The summed E-state index contributed by atoms with van der Waals surface area (Å²) in [4.78, 5) is 27.1. The Morgan fingerprint density at radius 1 is 1.05 bits per heavy atom. The molecule has 1 N–H and O–H groups in total. The van der Waals surface area contributed by atoms with Crippen LogP contribution in [0.5, 0.6) is 17.4 Å². The number of furan rings is 1. The number of aromatic nitrogens is 4. The second-order valence-corrected chi connectivity index (χ2v) is 15.3. The third-order valence-electron chi connectivity index (χ3n) is 9.76. The summed E-state index contributed by atoms with van der Waals surface area (Å²) in [6.45, 7) is 5.29. The first-order valence-corrected chi connectivity index (χ1v) is 19.5. The summed E-state index contributed by atoms with van der Waals surface area (Å²) in [5, 5.41) is 12.5. The molecule has 12 nitrogen and oxygen atoms in total. The van der Waals surface area contributed by atoms with Crippen LogP contribution in [-0.2, 0) is 23.2 Å². The molecule has 1 aliphatic rings. The molecule has 5 heterocycles. The lowest BCUT2D eigenvalue weighted by Crippen LogP contribution is -2.45. The summed E-state index contributed by atoms with van der Waals surface area (Å²) in [6.07, 6.45) is -4.27. The SMILES string of the molecule is [B]C([B])(Oc1ccccc1C[C@H](Oc1ncnc2sc(-c3ccc(F)o3)c(-c3ccc(OCCN4CCN(C)CC4)c(Cl)c3C)c12)C(=O)O)c1ccnn1CC(F)(F)F. The number of thiophene rings is 1. The Hall–Kier alpha value is -5.10. The summed E-state index contributed by atoms with van der Waals surface area (Å²) < 4.78 is 78.2. The van der Waals surface area contributed by atoms with Crippen LogP contribution in [0.4, 0.5) is 17.6 Å². The predicted octanol–water partition coefficient (Wildman–Crippen LogP) is 6.71. The van der Waals surface area contributed by atoms with E-state index in [1.54, 1.807) is 31.2 Å². The monoisotopic (exact) mass is 848 g/mol. The molecule has 1 atom stereocenters. The van der Waals surface area contributed by atoms with Gasteiger partial charge >= 0.3 is 12.1 Å². The van der Waals surface area contributed by atoms with Gasteiger partial charge in [-0.15, -0.1) is 11.3 Å². The number of piperazine rings is 1. The van der Waals surface area contributed by atoms with Crippen LogP contribution in [0.25, 0.3) is 32.0 Å². The van der Waals surface area contributed by atoms with Crippen LogP contribution < -0.4 is 14.2 Å². The van der Waals surface area contributed by atoms with Crippen molar-refractivity contribution in [2.75, 3.05) is 46.4 Å². The third kappa shape index (κ3) is 9.53. The highest BCUT2D eigenvalue weighted by Gasteiger charge is 2.34. The number of aliphatic carboxylic acids is 1. The maximum absolute atomic E-state index is 14.3. The first-order chi connectivity index (χ1) is 28.1. The Bertz CT molecular complexity index is 2460. The second kappa shape index (κ2) is 17.2. The van der Waals surface area contributed by atoms with Crippen LogP contribution in [0.2, 0.25) is 5.02 Å². The fourth-order valence-corrected chi connectivity index (χ4v) is 8.07. The van der Waals surface area contributed by atoms with Crippen molar-refractivity contribution in [1.82, 2.24) is 29.5 Å². The van der Waals surface area contributed by atoms with Gasteiger partial charge in [0.05, 0.1) is 26.4 Å². The number of para-hydroxylation sites is 1. The molecule has 0 amide bonds. The number of alkyl halides is 3. The normalized spacial score (nSPS) is 14.8. The molecule has 0 saturated carbocycles. The zero-order chi connectivity index (χ0) is 42.1. The topological polar surface area (TPSA) is 128 Å². The molecule has 1 fully saturated rings. The number of carboxylic acid groups (broad SMARTS) is 1. The Morgan fingerprint density at radius 3 is 2.53 bits per heavy atom. The summed E-state index contributed by atoms with van der Waals surface area (Å²) in [6, 6.07) is 12.7. The molecule has 304 valence electrons. The average Bonchev–Trinajstić information content (AvgIpc) is 3.93. The maximum Gasteiger partial charge on any atom is 0.408 e. The highest BCUT2D eigenvalue weighted by atomic mass is 35.5. The van der Waals surface area contributed by atoms with Crippen molar-refractivity contribution < 1.29 is 46.1 Å². The molecule has 4 radical (unpaired) electrons. The highest BCUT2D eigenvalue weighted by molar-refractivity contribution is 7.22. The molecule has 59 heavy (non-hydrogen) atoms. The lowest BCUT2D eigenvalue weighted by Gasteiger charge is -2.32. The van der Waals surface area contributed by atoms with E-state index in [4.69, 9.17) is 45.9 Å². The van der Waals surface area contributed by atoms with Crippen LogP contribution in [0.15, 0.2) is 71.5 Å². The van der Waals surface area contributed by atoms with E-state index >= 15 is 0 Å². The second-order valence-electron chi connectivity index (χ2n) is 14.0. The summed E-state index contributed by atoms with van der Waals surface area (Å²) in [5.41, 5.74) is 1.61. The van der Waals surface area contributed by atoms with E-state index in [1.807, 2.05) is 0 Å². The van der Waals surface area contributed by atoms with Crippen molar-refractivity contribution in [2.45, 2.75) is 37.6 Å². The van der Waals surface area contributed by atoms with E-state index in [0.29, 0.717) is 53.8 Å². The lowest BCUT2D eigenvalue weighted by atomic mass is 9.63. The zero-order valence-electron chi connectivity index (χ0n) is 31.7. The van der Waals surface area contributed by atoms with E-state index < -0.39 is 36.2 Å². The number of carbonyl (C=O) groups is 1. The number of benzene rings is 2. The number of ether oxygens (including phenoxy) is 3. The van der Waals surface area contributed by atoms with Crippen LogP contribution >= 0.6 is 22.9 Å². The van der Waals surface area contributed by atoms with E-state index in [0.717, 1.165) is 50.3 Å². The molecule has 1 saturated heterocycles. The van der Waals surface area contributed by atoms with Gasteiger partial charge in [-0.25, -0.2) is 14.8 Å². The van der Waals surface area contributed by atoms with Gasteiger partial charge in [-0.3, -0.25) is 9.58 Å². The van der Waals surface area contributed by atoms with Crippen LogP contribution in [-0.4, -0.2) is 115 Å². The predicted molar refractivity (Wildman–Crippen MR) is 214 cm³/mol. The largest absolute Gasteiger partial charge is 0.501 e. The van der Waals surface area contributed by atoms with Gasteiger partial charge in [0.25, 0.3) is 6.01 Å². The molecule has 0 bridgehead atoms. The summed E-state index contributed by atoms with van der Waals surface area (Å²) in [7, 11) is 14.5. The molecule has 7 rings (SSSR count). The Labute approximate surface area is 347 Å². The van der Waals surface area contributed by atoms with Crippen LogP contribution in [0.3, 0.4) is 0 Å². The number of halogens is 5. The van der Waals surface area contributed by atoms with E-state index in [-0.39, 0.29) is 35.1 Å². The van der Waals surface area contributed by atoms with Gasteiger partial charge in [-0.2, -0.15) is 22.7 Å². The molecule has 0 spiro atoms. The minimum absolute atomic E-state index is 0.0191. The molecular weight excluding hydrogens is 814 g/mol. The molecular formula is C39H35B2ClF4N6O6S. The first-order valence-electron chi connectivity index (χ1n) is 18.3. The van der Waals surface area contributed by atoms with Gasteiger partial charge in [-0.1, -0.05) is 35.9 Å². The van der Waals surface area contributed by atoms with Crippen molar-refractivity contribution in [2.24, 2.45) is 0 Å². The summed E-state index contributed by atoms with van der Waals surface area (Å²) >= 11 is 8.10. The van der Waals surface area contributed by atoms with Gasteiger partial charge in [0.2, 0.25) is 12.0 Å². The Morgan fingerprint density at radius 2 is 1.81 bits per heavy atom. The fraction of sp³-hybridized carbons (Fsp3) is 0.333. The van der Waals surface area contributed by atoms with Gasteiger partial charge < -0.3 is 28.6 Å². The number of hydrogen-bond acceptors (Lipinski definition) is 11. The molecule has 1 aliphatic heterocycles. The van der Waals surface area contributed by atoms with Crippen molar-refractivity contribution in [3.05, 3.63) is 95.0 Å². The Kier molecular flexibility index (Phi) is 12.3. The number of nitrogens with zero attached hydrogens (tertiary/aromatic N) is 6. The Balaban J connectivity index is 1.21. The maximum atomic E-state index is 14.3. The minimum atomic E-state index is -4.63. The molecule has 6 aromatic rings. The smallest absolute Gasteiger partial charge is 0.408 e. The number of rotatable bonds is 15. The number of fused-ring (bicyclic) bond motifs is 1. The van der Waals surface area contributed by atoms with Gasteiger partial charge in [0.1, 0.15) is 57.3 Å². The van der Waals surface area contributed by atoms with E-state index in [1.165, 1.54) is 36.7 Å². The number of carboxylic acids is 1. The lowest BCUT2D eigenvalue weighted by molar-refractivity contribution is -0.145. The van der Waals surface area contributed by atoms with Crippen molar-refractivity contribution in [3.63, 3.8) is 0 Å². The fourth-order valence-electron chi connectivity index (χ4n) is 6.74. The minimum Gasteiger partial charge on any atom is -0.501 e. The molecule has 0 unspecified atom stereocenters. The highest BCUT2D eigenvalue weighted by Crippen LogP contribution is 2.50. The zero-order valence-corrected chi connectivity index (χ0v) is 33.3. The number of likely N-dealkylation sites (N-methyl/N-ethyl adjacent to an activating group) is 1. The molecule has 4 aromatic heterocycles. The standard InChI is InChI=1S/C39H35B2ClF4N6O6S/c1-22-24(7-8-26(33(22)42)55-18-17-51-15-13-50(2)14-16-51)31-32-35(47-21-48-36(32)59-34(31)27-9-10-30(43)56-27)57-28(37(53)54)19-23-5-3-4-6-25(23)58-39(40,41)29-11-12-49-52(29)20-38(44,45)46/h3-12,21,28H,13-20H2,1-2H3,(H,53,54)/t28-/m0/s1. The first kappa shape index (κ1) is 42.0. The van der Waals surface area contributed by atoms with Gasteiger partial charge in [0.15, 0.2) is 0 Å². The van der Waals surface area contributed by atoms with E-state index in [2.05, 4.69) is 31.9 Å². The molecule has 0 aliphatic carbocycles. The van der Waals surface area contributed by atoms with Gasteiger partial charge in [-0.05, 0) is 54.9 Å². The van der Waals surface area contributed by atoms with Crippen LogP contribution in [0.1, 0.15) is 16.8 Å². The number of hydrogen-bond donors (Lipinski definition) is 1. The van der Waals surface area contributed by atoms with Crippen molar-refractivity contribution in [1.29, 1.82) is 0 Å². The van der Waals surface area contributed by atoms with Crippen molar-refractivity contribution >= 4 is 54.8 Å². The van der Waals surface area contributed by atoms with Crippen LogP contribution in [0, 0.1) is 12.9 Å². The molecule has 2 aromatic carbocycles. The van der Waals surface area contributed by atoms with E-state index in [9.17, 15) is 27.5 Å². The van der Waals surface area contributed by atoms with Gasteiger partial charge in [0, 0.05) is 57.0 Å². The summed E-state index contributed by atoms with van der Waals surface area (Å²) in [5.74, 6) is -0.871. The average molecular weight is 849 g/mol.